The van der Waals surface area contributed by atoms with Crippen LogP contribution in [0.1, 0.15) is 5.56 Å². The molecule has 11 heavy (non-hydrogen) atoms. The van der Waals surface area contributed by atoms with E-state index >= 15 is 0 Å². The van der Waals surface area contributed by atoms with Gasteiger partial charge in [-0.3, -0.25) is 0 Å². The van der Waals surface area contributed by atoms with Crippen LogP contribution in [0.4, 0.5) is 0 Å². The predicted octanol–water partition coefficient (Wildman–Crippen LogP) is 1.61. The lowest BCUT2D eigenvalue weighted by Crippen LogP contribution is -1.98. The zero-order valence-corrected chi connectivity index (χ0v) is 6.98. The Hall–Kier alpha value is -0.730. The first-order valence-electron chi connectivity index (χ1n) is 3.22. The zero-order chi connectivity index (χ0) is 8.27. The van der Waals surface area contributed by atoms with Crippen molar-refractivity contribution in [3.05, 3.63) is 28.8 Å². The van der Waals surface area contributed by atoms with E-state index in [0.29, 0.717) is 17.3 Å². The first-order valence-corrected chi connectivity index (χ1v) is 3.60. The summed E-state index contributed by atoms with van der Waals surface area (Å²) in [5.41, 5.74) is 6.19. The fourth-order valence-electron chi connectivity index (χ4n) is 0.809. The average Bonchev–Trinajstić information content (AvgIpc) is 2.05. The van der Waals surface area contributed by atoms with Crippen molar-refractivity contribution in [1.29, 1.82) is 0 Å². The van der Waals surface area contributed by atoms with E-state index in [1.807, 2.05) is 0 Å². The van der Waals surface area contributed by atoms with Gasteiger partial charge in [0.1, 0.15) is 5.75 Å². The number of hydrogen-bond donors (Lipinski definition) is 1. The van der Waals surface area contributed by atoms with Crippen LogP contribution in [-0.4, -0.2) is 7.11 Å². The second kappa shape index (κ2) is 3.60. The summed E-state index contributed by atoms with van der Waals surface area (Å²) in [6.45, 7) is 0.385. The standard InChI is InChI=1S/C8H9ClNO/c1-11-7-4-2-3-6(5-10)8(7)9/h2,4H,5,10H2,1H3. The quantitative estimate of drug-likeness (QED) is 0.732. The highest BCUT2D eigenvalue weighted by Crippen LogP contribution is 2.26. The van der Waals surface area contributed by atoms with Crippen molar-refractivity contribution in [3.8, 4) is 5.75 Å². The summed E-state index contributed by atoms with van der Waals surface area (Å²) in [4.78, 5) is 0. The van der Waals surface area contributed by atoms with E-state index in [1.54, 1.807) is 19.2 Å². The average molecular weight is 171 g/mol. The molecule has 2 N–H and O–H groups in total. The van der Waals surface area contributed by atoms with Crippen LogP contribution in [-0.2, 0) is 6.54 Å². The van der Waals surface area contributed by atoms with E-state index in [0.717, 1.165) is 5.56 Å². The molecular weight excluding hydrogens is 162 g/mol. The Morgan fingerprint density at radius 2 is 2.45 bits per heavy atom. The lowest BCUT2D eigenvalue weighted by Gasteiger charge is -2.04. The predicted molar refractivity (Wildman–Crippen MR) is 44.7 cm³/mol. The molecule has 0 amide bonds. The minimum atomic E-state index is 0.385. The largest absolute Gasteiger partial charge is 0.495 e. The van der Waals surface area contributed by atoms with Gasteiger partial charge < -0.3 is 10.5 Å². The first-order chi connectivity index (χ1) is 5.29. The number of benzene rings is 1. The van der Waals surface area contributed by atoms with Gasteiger partial charge in [-0.05, 0) is 17.7 Å². The van der Waals surface area contributed by atoms with E-state index in [1.165, 1.54) is 0 Å². The molecule has 1 rings (SSSR count). The molecule has 0 spiro atoms. The topological polar surface area (TPSA) is 35.2 Å². The second-order valence-corrected chi connectivity index (χ2v) is 2.42. The van der Waals surface area contributed by atoms with E-state index in [9.17, 15) is 0 Å². The summed E-state index contributed by atoms with van der Waals surface area (Å²) >= 11 is 5.87. The molecule has 2 nitrogen and oxygen atoms in total. The van der Waals surface area contributed by atoms with Gasteiger partial charge in [-0.2, -0.15) is 0 Å². The third-order valence-electron chi connectivity index (χ3n) is 1.40. The van der Waals surface area contributed by atoms with Gasteiger partial charge in [0.25, 0.3) is 0 Å². The molecule has 0 fully saturated rings. The van der Waals surface area contributed by atoms with Gasteiger partial charge in [0.15, 0.2) is 0 Å². The number of rotatable bonds is 2. The smallest absolute Gasteiger partial charge is 0.137 e. The summed E-state index contributed by atoms with van der Waals surface area (Å²) in [5, 5.41) is 0.553. The molecule has 0 unspecified atom stereocenters. The minimum Gasteiger partial charge on any atom is -0.495 e. The number of hydrogen-bond acceptors (Lipinski definition) is 2. The van der Waals surface area contributed by atoms with Crippen LogP contribution >= 0.6 is 11.6 Å². The van der Waals surface area contributed by atoms with Crippen molar-refractivity contribution in [2.24, 2.45) is 5.73 Å². The molecule has 1 aromatic carbocycles. The monoisotopic (exact) mass is 170 g/mol. The zero-order valence-electron chi connectivity index (χ0n) is 6.23. The molecule has 0 aliphatic rings. The molecule has 0 saturated heterocycles. The van der Waals surface area contributed by atoms with Crippen LogP contribution in [0.15, 0.2) is 12.1 Å². The van der Waals surface area contributed by atoms with Gasteiger partial charge in [-0.25, -0.2) is 0 Å². The molecule has 0 aliphatic carbocycles. The fourth-order valence-corrected chi connectivity index (χ4v) is 1.08. The molecule has 0 aromatic heterocycles. The third-order valence-corrected chi connectivity index (χ3v) is 1.81. The maximum Gasteiger partial charge on any atom is 0.137 e. The molecule has 1 aromatic rings. The summed E-state index contributed by atoms with van der Waals surface area (Å²) in [7, 11) is 1.57. The molecule has 1 radical (unpaired) electrons. The maximum absolute atomic E-state index is 5.87. The third kappa shape index (κ3) is 1.64. The van der Waals surface area contributed by atoms with Gasteiger partial charge >= 0.3 is 0 Å². The Morgan fingerprint density at radius 3 is 3.00 bits per heavy atom. The van der Waals surface area contributed by atoms with Crippen molar-refractivity contribution >= 4 is 11.6 Å². The summed E-state index contributed by atoms with van der Waals surface area (Å²) in [6, 6.07) is 6.42. The van der Waals surface area contributed by atoms with Gasteiger partial charge in [0.05, 0.1) is 12.1 Å². The van der Waals surface area contributed by atoms with Crippen LogP contribution in [0, 0.1) is 6.07 Å². The van der Waals surface area contributed by atoms with Crippen molar-refractivity contribution in [2.75, 3.05) is 7.11 Å². The highest BCUT2D eigenvalue weighted by atomic mass is 35.5. The molecule has 0 bridgehead atoms. The molecule has 59 valence electrons. The SMILES string of the molecule is COc1cc[c]c(CN)c1Cl. The second-order valence-electron chi connectivity index (χ2n) is 2.04. The van der Waals surface area contributed by atoms with E-state index in [4.69, 9.17) is 22.1 Å². The molecular formula is C8H9ClNO. The van der Waals surface area contributed by atoms with Crippen LogP contribution in [0.25, 0.3) is 0 Å². The van der Waals surface area contributed by atoms with Crippen molar-refractivity contribution < 1.29 is 4.74 Å². The van der Waals surface area contributed by atoms with Crippen molar-refractivity contribution in [3.63, 3.8) is 0 Å². The van der Waals surface area contributed by atoms with Crippen LogP contribution in [0.2, 0.25) is 5.02 Å². The molecule has 0 saturated carbocycles. The maximum atomic E-state index is 5.87. The van der Waals surface area contributed by atoms with Gasteiger partial charge in [0.2, 0.25) is 0 Å². The number of halogens is 1. The highest BCUT2D eigenvalue weighted by molar-refractivity contribution is 6.32. The minimum absolute atomic E-state index is 0.385. The lowest BCUT2D eigenvalue weighted by atomic mass is 10.2. The summed E-state index contributed by atoms with van der Waals surface area (Å²) < 4.78 is 4.98. The summed E-state index contributed by atoms with van der Waals surface area (Å²) in [6.07, 6.45) is 0. The van der Waals surface area contributed by atoms with Crippen LogP contribution in [0.5, 0.6) is 5.75 Å². The van der Waals surface area contributed by atoms with Crippen molar-refractivity contribution in [2.45, 2.75) is 6.54 Å². The Morgan fingerprint density at radius 1 is 1.73 bits per heavy atom. The Kier molecular flexibility index (Phi) is 2.74. The normalized spacial score (nSPS) is 9.73. The van der Waals surface area contributed by atoms with Crippen molar-refractivity contribution in [1.82, 2.24) is 0 Å². The van der Waals surface area contributed by atoms with Crippen LogP contribution in [0.3, 0.4) is 0 Å². The Bertz CT molecular complexity index is 228. The lowest BCUT2D eigenvalue weighted by molar-refractivity contribution is 0.414. The molecule has 0 atom stereocenters. The molecule has 3 heteroatoms. The summed E-state index contributed by atoms with van der Waals surface area (Å²) in [5.74, 6) is 0.644. The molecule has 0 aliphatic heterocycles. The Balaban J connectivity index is 3.10. The van der Waals surface area contributed by atoms with Gasteiger partial charge in [-0.15, -0.1) is 0 Å². The Labute approximate surface area is 70.9 Å². The van der Waals surface area contributed by atoms with E-state index in [-0.39, 0.29) is 0 Å². The van der Waals surface area contributed by atoms with Gasteiger partial charge in [0, 0.05) is 6.54 Å². The number of ether oxygens (including phenoxy) is 1. The number of nitrogens with two attached hydrogens (primary N) is 1. The fraction of sp³-hybridized carbons (Fsp3) is 0.250. The first kappa shape index (κ1) is 8.37. The van der Waals surface area contributed by atoms with Crippen LogP contribution < -0.4 is 10.5 Å². The highest BCUT2D eigenvalue weighted by Gasteiger charge is 2.03. The van der Waals surface area contributed by atoms with E-state index < -0.39 is 0 Å². The number of methoxy groups -OCH3 is 1. The molecule has 0 heterocycles. The van der Waals surface area contributed by atoms with E-state index in [2.05, 4.69) is 6.07 Å². The van der Waals surface area contributed by atoms with Gasteiger partial charge in [-0.1, -0.05) is 17.7 Å².